The number of rotatable bonds is 10. The van der Waals surface area contributed by atoms with Crippen LogP contribution in [0.25, 0.3) is 10.8 Å². The number of benzene rings is 2. The van der Waals surface area contributed by atoms with Crippen molar-refractivity contribution in [2.24, 2.45) is 5.92 Å². The number of sulfonamides is 1. The summed E-state index contributed by atoms with van der Waals surface area (Å²) >= 11 is 0. The van der Waals surface area contributed by atoms with Gasteiger partial charge in [0.25, 0.3) is 0 Å². The fraction of sp³-hybridized carbons (Fsp3) is 0.450. The summed E-state index contributed by atoms with van der Waals surface area (Å²) in [5.41, 5.74) is 0. The predicted octanol–water partition coefficient (Wildman–Crippen LogP) is 2.68. The Balaban J connectivity index is 0.00000392. The van der Waals surface area contributed by atoms with Crippen LogP contribution in [0.15, 0.2) is 47.4 Å². The van der Waals surface area contributed by atoms with Crippen molar-refractivity contribution in [3.05, 3.63) is 42.5 Å². The molecule has 0 radical (unpaired) electrons. The molecule has 0 aliphatic carbocycles. The van der Waals surface area contributed by atoms with Crippen LogP contribution in [0.2, 0.25) is 0 Å². The van der Waals surface area contributed by atoms with Gasteiger partial charge in [0.15, 0.2) is 0 Å². The number of amides is 1. The largest absolute Gasteiger partial charge is 0.353 e. The lowest BCUT2D eigenvalue weighted by Gasteiger charge is -2.22. The number of nitrogens with one attached hydrogen (secondary N) is 3. The highest BCUT2D eigenvalue weighted by Gasteiger charge is 2.28. The lowest BCUT2D eigenvalue weighted by molar-refractivity contribution is -0.123. The number of hydrogen-bond acceptors (Lipinski definition) is 4. The van der Waals surface area contributed by atoms with Crippen LogP contribution < -0.4 is 15.4 Å². The van der Waals surface area contributed by atoms with Crippen LogP contribution in [-0.4, -0.2) is 40.0 Å². The second-order valence-corrected chi connectivity index (χ2v) is 8.61. The number of hydrogen-bond donors (Lipinski definition) is 3. The van der Waals surface area contributed by atoms with Crippen LogP contribution in [0, 0.1) is 5.92 Å². The zero-order valence-corrected chi connectivity index (χ0v) is 18.2. The van der Waals surface area contributed by atoms with Gasteiger partial charge < -0.3 is 10.6 Å². The Hall–Kier alpha value is -1.67. The number of fused-ring (bicyclic) bond motifs is 1. The molecule has 2 aromatic carbocycles. The van der Waals surface area contributed by atoms with Gasteiger partial charge in [-0.15, -0.1) is 12.4 Å². The second-order valence-electron chi connectivity index (χ2n) is 6.89. The maximum atomic E-state index is 12.8. The average molecular weight is 428 g/mol. The van der Waals surface area contributed by atoms with E-state index in [1.54, 1.807) is 18.2 Å². The quantitative estimate of drug-likeness (QED) is 0.509. The van der Waals surface area contributed by atoms with Crippen LogP contribution in [0.4, 0.5) is 0 Å². The van der Waals surface area contributed by atoms with E-state index >= 15 is 0 Å². The maximum absolute atomic E-state index is 12.8. The second kappa shape index (κ2) is 11.4. The number of carbonyl (C=O) groups excluding carboxylic acids is 1. The van der Waals surface area contributed by atoms with Crippen molar-refractivity contribution in [3.63, 3.8) is 0 Å². The molecule has 1 amide bonds. The average Bonchev–Trinajstić information content (AvgIpc) is 2.65. The van der Waals surface area contributed by atoms with Crippen molar-refractivity contribution in [1.82, 2.24) is 15.4 Å². The monoisotopic (exact) mass is 427 g/mol. The summed E-state index contributed by atoms with van der Waals surface area (Å²) in [5, 5.41) is 7.80. The van der Waals surface area contributed by atoms with Crippen molar-refractivity contribution in [1.29, 1.82) is 0 Å². The minimum Gasteiger partial charge on any atom is -0.353 e. The molecule has 0 heterocycles. The van der Waals surface area contributed by atoms with E-state index in [4.69, 9.17) is 0 Å². The Kier molecular flexibility index (Phi) is 9.89. The molecule has 3 N–H and O–H groups in total. The molecule has 0 aliphatic rings. The first kappa shape index (κ1) is 24.4. The summed E-state index contributed by atoms with van der Waals surface area (Å²) in [7, 11) is -3.81. The van der Waals surface area contributed by atoms with Gasteiger partial charge in [-0.1, -0.05) is 51.1 Å². The third-order valence-corrected chi connectivity index (χ3v) is 5.73. The van der Waals surface area contributed by atoms with Gasteiger partial charge in [0.2, 0.25) is 15.9 Å². The van der Waals surface area contributed by atoms with E-state index in [-0.39, 0.29) is 29.1 Å². The topological polar surface area (TPSA) is 87.3 Å². The highest BCUT2D eigenvalue weighted by molar-refractivity contribution is 7.89. The summed E-state index contributed by atoms with van der Waals surface area (Å²) in [4.78, 5) is 12.6. The normalized spacial score (nSPS) is 12.6. The lowest BCUT2D eigenvalue weighted by Crippen LogP contribution is -2.50. The van der Waals surface area contributed by atoms with Gasteiger partial charge >= 0.3 is 0 Å². The summed E-state index contributed by atoms with van der Waals surface area (Å²) < 4.78 is 28.2. The molecular formula is C20H30ClN3O3S. The Bertz CT molecular complexity index is 872. The predicted molar refractivity (Wildman–Crippen MR) is 116 cm³/mol. The van der Waals surface area contributed by atoms with E-state index in [0.717, 1.165) is 23.7 Å². The molecule has 2 aromatic rings. The Morgan fingerprint density at radius 1 is 1.00 bits per heavy atom. The van der Waals surface area contributed by atoms with Crippen LogP contribution in [0.5, 0.6) is 0 Å². The summed E-state index contributed by atoms with van der Waals surface area (Å²) in [5.74, 6) is -0.489. The SMILES string of the molecule is CCCNCCNC(=O)C(NS(=O)(=O)c1ccc2ccccc2c1)C(C)C.Cl. The zero-order chi connectivity index (χ0) is 19.9. The molecule has 6 nitrogen and oxygen atoms in total. The first-order valence-electron chi connectivity index (χ1n) is 9.34. The summed E-state index contributed by atoms with van der Waals surface area (Å²) in [6, 6.07) is 11.7. The molecule has 1 atom stereocenters. The van der Waals surface area contributed by atoms with Gasteiger partial charge in [0, 0.05) is 13.1 Å². The van der Waals surface area contributed by atoms with E-state index in [1.165, 1.54) is 0 Å². The third-order valence-electron chi connectivity index (χ3n) is 4.29. The Morgan fingerprint density at radius 2 is 1.68 bits per heavy atom. The smallest absolute Gasteiger partial charge is 0.241 e. The van der Waals surface area contributed by atoms with E-state index in [0.29, 0.717) is 13.1 Å². The highest BCUT2D eigenvalue weighted by atomic mass is 35.5. The van der Waals surface area contributed by atoms with Gasteiger partial charge in [-0.3, -0.25) is 4.79 Å². The lowest BCUT2D eigenvalue weighted by atomic mass is 10.1. The molecule has 0 fully saturated rings. The van der Waals surface area contributed by atoms with E-state index in [9.17, 15) is 13.2 Å². The molecule has 0 spiro atoms. The molecular weight excluding hydrogens is 398 g/mol. The zero-order valence-electron chi connectivity index (χ0n) is 16.6. The van der Waals surface area contributed by atoms with E-state index in [1.807, 2.05) is 38.1 Å². The Labute approximate surface area is 173 Å². The molecule has 8 heteroatoms. The first-order valence-corrected chi connectivity index (χ1v) is 10.8. The molecule has 156 valence electrons. The van der Waals surface area contributed by atoms with Crippen molar-refractivity contribution in [3.8, 4) is 0 Å². The number of carbonyl (C=O) groups is 1. The van der Waals surface area contributed by atoms with Crippen LogP contribution in [-0.2, 0) is 14.8 Å². The van der Waals surface area contributed by atoms with Crippen LogP contribution in [0.3, 0.4) is 0 Å². The van der Waals surface area contributed by atoms with Gasteiger partial charge in [-0.05, 0) is 41.8 Å². The fourth-order valence-corrected chi connectivity index (χ4v) is 4.13. The molecule has 1 unspecified atom stereocenters. The van der Waals surface area contributed by atoms with Gasteiger partial charge in [-0.25, -0.2) is 8.42 Å². The van der Waals surface area contributed by atoms with Crippen LogP contribution >= 0.6 is 12.4 Å². The maximum Gasteiger partial charge on any atom is 0.241 e. The molecule has 0 saturated heterocycles. The third kappa shape index (κ3) is 6.74. The van der Waals surface area contributed by atoms with E-state index in [2.05, 4.69) is 22.3 Å². The minimum atomic E-state index is -3.81. The van der Waals surface area contributed by atoms with Crippen molar-refractivity contribution >= 4 is 39.1 Å². The van der Waals surface area contributed by atoms with Gasteiger partial charge in [-0.2, -0.15) is 4.72 Å². The van der Waals surface area contributed by atoms with Crippen molar-refractivity contribution < 1.29 is 13.2 Å². The molecule has 0 bridgehead atoms. The van der Waals surface area contributed by atoms with Gasteiger partial charge in [0.1, 0.15) is 6.04 Å². The molecule has 0 aliphatic heterocycles. The fourth-order valence-electron chi connectivity index (χ4n) is 2.75. The first-order chi connectivity index (χ1) is 12.8. The molecule has 0 aromatic heterocycles. The summed E-state index contributed by atoms with van der Waals surface area (Å²) in [6.07, 6.45) is 1.02. The number of halogens is 1. The highest BCUT2D eigenvalue weighted by Crippen LogP contribution is 2.19. The summed E-state index contributed by atoms with van der Waals surface area (Å²) in [6.45, 7) is 7.71. The molecule has 0 saturated carbocycles. The Morgan fingerprint density at radius 3 is 2.32 bits per heavy atom. The van der Waals surface area contributed by atoms with Gasteiger partial charge in [0.05, 0.1) is 4.90 Å². The van der Waals surface area contributed by atoms with E-state index < -0.39 is 16.1 Å². The molecule has 28 heavy (non-hydrogen) atoms. The van der Waals surface area contributed by atoms with Crippen LogP contribution in [0.1, 0.15) is 27.2 Å². The minimum absolute atomic E-state index is 0. The van der Waals surface area contributed by atoms with Crippen molar-refractivity contribution in [2.45, 2.75) is 38.1 Å². The molecule has 2 rings (SSSR count). The van der Waals surface area contributed by atoms with Crippen molar-refractivity contribution in [2.75, 3.05) is 19.6 Å². The standard InChI is InChI=1S/C20H29N3O3S.ClH/c1-4-11-21-12-13-22-20(24)19(15(2)3)23-27(25,26)18-10-9-16-7-5-6-8-17(16)14-18;/h5-10,14-15,19,21,23H,4,11-13H2,1-3H3,(H,22,24);1H.